The topological polar surface area (TPSA) is 55.4 Å². The van der Waals surface area contributed by atoms with Gasteiger partial charge in [-0.25, -0.2) is 13.1 Å². The van der Waals surface area contributed by atoms with Crippen LogP contribution in [0.5, 0.6) is 0 Å². The lowest BCUT2D eigenvalue weighted by Gasteiger charge is -2.18. The van der Waals surface area contributed by atoms with E-state index in [0.29, 0.717) is 10.6 Å². The van der Waals surface area contributed by atoms with Crippen molar-refractivity contribution >= 4 is 21.6 Å². The van der Waals surface area contributed by atoms with Crippen LogP contribution in [0.4, 0.5) is 0 Å². The molecule has 0 bridgehead atoms. The molecule has 2 rings (SSSR count). The molecule has 2 aromatic rings. The van der Waals surface area contributed by atoms with Gasteiger partial charge in [0.1, 0.15) is 0 Å². The highest BCUT2D eigenvalue weighted by Crippen LogP contribution is 2.21. The van der Waals surface area contributed by atoms with E-state index in [1.807, 2.05) is 31.2 Å². The summed E-state index contributed by atoms with van der Waals surface area (Å²) in [6.45, 7) is 2.15. The maximum absolute atomic E-state index is 12.3. The van der Waals surface area contributed by atoms with Gasteiger partial charge in [0.15, 0.2) is 0 Å². The van der Waals surface area contributed by atoms with E-state index in [4.69, 9.17) is 16.3 Å². The van der Waals surface area contributed by atoms with Crippen molar-refractivity contribution in [1.29, 1.82) is 0 Å². The van der Waals surface area contributed by atoms with E-state index in [1.165, 1.54) is 0 Å². The number of rotatable bonds is 7. The van der Waals surface area contributed by atoms with E-state index in [2.05, 4.69) is 4.72 Å². The van der Waals surface area contributed by atoms with Gasteiger partial charge in [0.25, 0.3) is 0 Å². The van der Waals surface area contributed by atoms with E-state index in [9.17, 15) is 8.42 Å². The summed E-state index contributed by atoms with van der Waals surface area (Å²) in [4.78, 5) is 0. The quantitative estimate of drug-likeness (QED) is 0.829. The minimum atomic E-state index is -3.50. The number of hydrogen-bond acceptors (Lipinski definition) is 3. The fourth-order valence-electron chi connectivity index (χ4n) is 2.34. The van der Waals surface area contributed by atoms with Gasteiger partial charge in [0.05, 0.1) is 11.9 Å². The van der Waals surface area contributed by atoms with Crippen molar-refractivity contribution < 1.29 is 13.2 Å². The smallest absolute Gasteiger partial charge is 0.215 e. The fourth-order valence-corrected chi connectivity index (χ4v) is 3.79. The molecule has 23 heavy (non-hydrogen) atoms. The van der Waals surface area contributed by atoms with Gasteiger partial charge in [-0.1, -0.05) is 54.1 Å². The molecule has 0 saturated carbocycles. The van der Waals surface area contributed by atoms with Crippen LogP contribution in [0.2, 0.25) is 5.02 Å². The highest BCUT2D eigenvalue weighted by molar-refractivity contribution is 7.88. The van der Waals surface area contributed by atoms with Gasteiger partial charge in [0, 0.05) is 18.7 Å². The number of benzene rings is 2. The summed E-state index contributed by atoms with van der Waals surface area (Å²) in [6, 6.07) is 14.7. The number of sulfonamides is 1. The van der Waals surface area contributed by atoms with Crippen molar-refractivity contribution in [3.63, 3.8) is 0 Å². The number of methoxy groups -OCH3 is 1. The molecule has 0 heterocycles. The molecule has 0 aliphatic rings. The molecule has 0 amide bonds. The zero-order valence-corrected chi connectivity index (χ0v) is 14.7. The van der Waals surface area contributed by atoms with Gasteiger partial charge in [-0.2, -0.15) is 0 Å². The Hall–Kier alpha value is -1.40. The molecule has 0 radical (unpaired) electrons. The molecule has 0 aliphatic heterocycles. The molecule has 0 aliphatic carbocycles. The molecule has 6 heteroatoms. The second-order valence-electron chi connectivity index (χ2n) is 5.28. The average Bonchev–Trinajstić information content (AvgIpc) is 2.51. The van der Waals surface area contributed by atoms with Crippen LogP contribution in [0, 0.1) is 6.92 Å². The van der Waals surface area contributed by atoms with E-state index < -0.39 is 10.0 Å². The van der Waals surface area contributed by atoms with Gasteiger partial charge in [-0.05, 0) is 29.7 Å². The molecule has 0 fully saturated rings. The van der Waals surface area contributed by atoms with Crippen molar-refractivity contribution in [2.45, 2.75) is 18.8 Å². The molecule has 4 nitrogen and oxygen atoms in total. The molecule has 124 valence electrons. The monoisotopic (exact) mass is 353 g/mol. The fraction of sp³-hybridized carbons (Fsp3) is 0.294. The van der Waals surface area contributed by atoms with Crippen molar-refractivity contribution in [1.82, 2.24) is 4.72 Å². The standard InChI is InChI=1S/C17H20ClNO3S/c1-13-7-3-5-9-15(13)17(22-2)11-19-23(20,21)12-14-8-4-6-10-16(14)18/h3-10,17,19H,11-12H2,1-2H3/t17-/m1/s1. The highest BCUT2D eigenvalue weighted by Gasteiger charge is 2.18. The molecule has 0 aromatic heterocycles. The Morgan fingerprint density at radius 2 is 1.78 bits per heavy atom. The number of aryl methyl sites for hydroxylation is 1. The summed E-state index contributed by atoms with van der Waals surface area (Å²) >= 11 is 6.02. The van der Waals surface area contributed by atoms with E-state index in [1.54, 1.807) is 31.4 Å². The summed E-state index contributed by atoms with van der Waals surface area (Å²) in [7, 11) is -1.93. The number of nitrogens with one attached hydrogen (secondary N) is 1. The van der Waals surface area contributed by atoms with Gasteiger partial charge < -0.3 is 4.74 Å². The zero-order chi connectivity index (χ0) is 16.9. The van der Waals surface area contributed by atoms with Crippen LogP contribution in [-0.4, -0.2) is 22.1 Å². The number of ether oxygens (including phenoxy) is 1. The Balaban J connectivity index is 2.06. The first-order chi connectivity index (χ1) is 10.9. The summed E-state index contributed by atoms with van der Waals surface area (Å²) in [5, 5.41) is 0.445. The minimum Gasteiger partial charge on any atom is -0.375 e. The number of halogens is 1. The zero-order valence-electron chi connectivity index (χ0n) is 13.1. The Kier molecular flexibility index (Phi) is 6.18. The third-order valence-corrected chi connectivity index (χ3v) is 5.28. The van der Waals surface area contributed by atoms with Crippen LogP contribution in [0.1, 0.15) is 22.8 Å². The maximum Gasteiger partial charge on any atom is 0.215 e. The molecule has 2 aromatic carbocycles. The van der Waals surface area contributed by atoms with E-state index in [0.717, 1.165) is 11.1 Å². The highest BCUT2D eigenvalue weighted by atomic mass is 35.5. The lowest BCUT2D eigenvalue weighted by molar-refractivity contribution is 0.107. The molecule has 0 spiro atoms. The number of hydrogen-bond donors (Lipinski definition) is 1. The van der Waals surface area contributed by atoms with E-state index in [-0.39, 0.29) is 18.4 Å². The van der Waals surface area contributed by atoms with Crippen LogP contribution in [0.3, 0.4) is 0 Å². The van der Waals surface area contributed by atoms with Crippen molar-refractivity contribution in [2.24, 2.45) is 0 Å². The normalized spacial score (nSPS) is 13.0. The summed E-state index contributed by atoms with van der Waals surface area (Å²) in [6.07, 6.45) is -0.336. The van der Waals surface area contributed by atoms with Crippen LogP contribution >= 0.6 is 11.6 Å². The molecular weight excluding hydrogens is 334 g/mol. The van der Waals surface area contributed by atoms with Gasteiger partial charge in [-0.15, -0.1) is 0 Å². The first-order valence-electron chi connectivity index (χ1n) is 7.22. The third-order valence-electron chi connectivity index (χ3n) is 3.61. The first-order valence-corrected chi connectivity index (χ1v) is 9.25. The summed E-state index contributed by atoms with van der Waals surface area (Å²) in [5.41, 5.74) is 2.60. The first kappa shape index (κ1) is 17.9. The molecule has 1 N–H and O–H groups in total. The Morgan fingerprint density at radius 3 is 2.43 bits per heavy atom. The van der Waals surface area contributed by atoms with Crippen molar-refractivity contribution in [3.8, 4) is 0 Å². The molecule has 0 unspecified atom stereocenters. The van der Waals surface area contributed by atoms with Crippen LogP contribution < -0.4 is 4.72 Å². The second kappa shape index (κ2) is 7.93. The summed E-state index contributed by atoms with van der Waals surface area (Å²) < 4.78 is 32.6. The Labute approximate surface area is 142 Å². The van der Waals surface area contributed by atoms with E-state index >= 15 is 0 Å². The Bertz CT molecular complexity index is 762. The predicted octanol–water partition coefficient (Wildman–Crippen LogP) is 3.46. The Morgan fingerprint density at radius 1 is 1.13 bits per heavy atom. The summed E-state index contributed by atoms with van der Waals surface area (Å²) in [5.74, 6) is -0.156. The van der Waals surface area contributed by atoms with Crippen molar-refractivity contribution in [3.05, 3.63) is 70.2 Å². The predicted molar refractivity (Wildman–Crippen MR) is 93.0 cm³/mol. The second-order valence-corrected chi connectivity index (χ2v) is 7.49. The van der Waals surface area contributed by atoms with Crippen LogP contribution in [0.25, 0.3) is 0 Å². The van der Waals surface area contributed by atoms with Crippen molar-refractivity contribution in [2.75, 3.05) is 13.7 Å². The third kappa shape index (κ3) is 5.04. The van der Waals surface area contributed by atoms with Gasteiger partial charge in [-0.3, -0.25) is 0 Å². The average molecular weight is 354 g/mol. The lowest BCUT2D eigenvalue weighted by atomic mass is 10.0. The van der Waals surface area contributed by atoms with Crippen LogP contribution in [0.15, 0.2) is 48.5 Å². The molecule has 0 saturated heterocycles. The SMILES string of the molecule is CO[C@H](CNS(=O)(=O)Cc1ccccc1Cl)c1ccccc1C. The minimum absolute atomic E-state index is 0.156. The molecular formula is C17H20ClNO3S. The van der Waals surface area contributed by atoms with Crippen LogP contribution in [-0.2, 0) is 20.5 Å². The maximum atomic E-state index is 12.3. The van der Waals surface area contributed by atoms with Gasteiger partial charge in [0.2, 0.25) is 10.0 Å². The van der Waals surface area contributed by atoms with Gasteiger partial charge >= 0.3 is 0 Å². The largest absolute Gasteiger partial charge is 0.375 e. The lowest BCUT2D eigenvalue weighted by Crippen LogP contribution is -2.30. The molecule has 1 atom stereocenters.